The molecule has 0 saturated heterocycles. The molecule has 0 N–H and O–H groups in total. The fraction of sp³-hybridized carbons (Fsp3) is 0.462. The molecule has 0 unspecified atom stereocenters. The number of rotatable bonds is 3. The van der Waals surface area contributed by atoms with Crippen molar-refractivity contribution in [3.05, 3.63) is 22.2 Å². The number of benzene rings is 1. The molecule has 0 amide bonds. The molecule has 1 fully saturated rings. The molecular weight excluding hydrogens is 254 g/mol. The first-order valence-corrected chi connectivity index (χ1v) is 6.21. The molecule has 3 rings (SSSR count). The summed E-state index contributed by atoms with van der Waals surface area (Å²) in [6.07, 6.45) is 4.06. The monoisotopic (exact) mass is 265 g/mol. The average Bonchev–Trinajstić information content (AvgIpc) is 2.97. The molecule has 0 bridgehead atoms. The first-order valence-electron chi connectivity index (χ1n) is 5.83. The van der Waals surface area contributed by atoms with Crippen LogP contribution >= 0.6 is 11.6 Å². The highest BCUT2D eigenvalue weighted by Gasteiger charge is 2.47. The van der Waals surface area contributed by atoms with Gasteiger partial charge in [0.25, 0.3) is 0 Å². The largest absolute Gasteiger partial charge is 0.493 e. The molecule has 1 aromatic carbocycles. The van der Waals surface area contributed by atoms with E-state index < -0.39 is 5.54 Å². The summed E-state index contributed by atoms with van der Waals surface area (Å²) in [7, 11) is 1.59. The Kier molecular flexibility index (Phi) is 2.58. The molecule has 2 aliphatic rings. The fourth-order valence-electron chi connectivity index (χ4n) is 2.45. The predicted molar refractivity (Wildman–Crippen MR) is 66.2 cm³/mol. The van der Waals surface area contributed by atoms with E-state index in [-0.39, 0.29) is 0 Å². The van der Waals surface area contributed by atoms with Crippen molar-refractivity contribution < 1.29 is 14.3 Å². The van der Waals surface area contributed by atoms with Gasteiger partial charge in [-0.3, -0.25) is 0 Å². The van der Waals surface area contributed by atoms with Crippen LogP contribution in [0.2, 0.25) is 5.02 Å². The lowest BCUT2D eigenvalue weighted by Gasteiger charge is -2.16. The summed E-state index contributed by atoms with van der Waals surface area (Å²) in [6, 6.07) is 1.83. The third-order valence-electron chi connectivity index (χ3n) is 3.58. The minimum Gasteiger partial charge on any atom is -0.493 e. The van der Waals surface area contributed by atoms with Crippen LogP contribution in [0, 0.1) is 0 Å². The third-order valence-corrected chi connectivity index (χ3v) is 4.01. The van der Waals surface area contributed by atoms with E-state index in [4.69, 9.17) is 21.1 Å². The van der Waals surface area contributed by atoms with Gasteiger partial charge in [0.15, 0.2) is 11.5 Å². The molecule has 0 aromatic heterocycles. The number of halogens is 1. The van der Waals surface area contributed by atoms with E-state index in [0.29, 0.717) is 17.4 Å². The predicted octanol–water partition coefficient (Wildman–Crippen LogP) is 2.61. The molecule has 1 aromatic rings. The number of isocyanates is 1. The van der Waals surface area contributed by atoms with Crippen LogP contribution in [0.5, 0.6) is 11.5 Å². The van der Waals surface area contributed by atoms with Gasteiger partial charge >= 0.3 is 0 Å². The van der Waals surface area contributed by atoms with E-state index in [1.165, 1.54) is 0 Å². The number of hydrogen-bond donors (Lipinski definition) is 0. The quantitative estimate of drug-likeness (QED) is 0.623. The second-order valence-corrected chi connectivity index (χ2v) is 4.96. The molecule has 1 aliphatic carbocycles. The molecule has 0 radical (unpaired) electrons. The van der Waals surface area contributed by atoms with E-state index in [1.54, 1.807) is 13.2 Å². The Hall–Kier alpha value is -1.51. The number of methoxy groups -OCH3 is 1. The van der Waals surface area contributed by atoms with Gasteiger partial charge in [0.1, 0.15) is 0 Å². The smallest absolute Gasteiger partial charge is 0.235 e. The van der Waals surface area contributed by atoms with Crippen LogP contribution in [-0.4, -0.2) is 19.8 Å². The highest BCUT2D eigenvalue weighted by molar-refractivity contribution is 6.32. The summed E-state index contributed by atoms with van der Waals surface area (Å²) in [5, 5.41) is 0.653. The van der Waals surface area contributed by atoms with Crippen molar-refractivity contribution in [3.63, 3.8) is 0 Å². The van der Waals surface area contributed by atoms with E-state index in [9.17, 15) is 4.79 Å². The molecular formula is C13H12ClNO3. The Morgan fingerprint density at radius 1 is 1.56 bits per heavy atom. The van der Waals surface area contributed by atoms with Gasteiger partial charge in [-0.15, -0.1) is 0 Å². The molecule has 5 heteroatoms. The maximum absolute atomic E-state index is 10.5. The van der Waals surface area contributed by atoms with Crippen molar-refractivity contribution in [1.29, 1.82) is 0 Å². The normalized spacial score (nSPS) is 18.6. The van der Waals surface area contributed by atoms with Crippen molar-refractivity contribution in [1.82, 2.24) is 0 Å². The van der Waals surface area contributed by atoms with Crippen molar-refractivity contribution in [3.8, 4) is 11.5 Å². The van der Waals surface area contributed by atoms with E-state index in [1.807, 2.05) is 6.07 Å². The number of carbonyl (C=O) groups excluding carboxylic acids is 1. The Morgan fingerprint density at radius 3 is 2.94 bits per heavy atom. The Labute approximate surface area is 110 Å². The zero-order valence-electron chi connectivity index (χ0n) is 9.96. The fourth-order valence-corrected chi connectivity index (χ4v) is 2.86. The molecule has 4 nitrogen and oxygen atoms in total. The highest BCUT2D eigenvalue weighted by Crippen LogP contribution is 2.55. The van der Waals surface area contributed by atoms with Crippen LogP contribution < -0.4 is 9.47 Å². The Morgan fingerprint density at radius 2 is 2.33 bits per heavy atom. The molecule has 18 heavy (non-hydrogen) atoms. The van der Waals surface area contributed by atoms with Crippen molar-refractivity contribution in [2.75, 3.05) is 13.7 Å². The Balaban J connectivity index is 2.19. The molecule has 0 atom stereocenters. The van der Waals surface area contributed by atoms with Crippen LogP contribution in [-0.2, 0) is 16.8 Å². The standard InChI is InChI=1S/C13H12ClNO3/c1-17-10-6-9(13(3-4-13)15-7-16)11(14)8-2-5-18-12(8)10/h6H,2-5H2,1H3. The van der Waals surface area contributed by atoms with Gasteiger partial charge in [0.05, 0.1) is 24.3 Å². The highest BCUT2D eigenvalue weighted by atomic mass is 35.5. The van der Waals surface area contributed by atoms with Gasteiger partial charge in [-0.25, -0.2) is 4.79 Å². The lowest BCUT2D eigenvalue weighted by atomic mass is 10.00. The average molecular weight is 266 g/mol. The summed E-state index contributed by atoms with van der Waals surface area (Å²) in [4.78, 5) is 14.5. The minimum absolute atomic E-state index is 0.482. The van der Waals surface area contributed by atoms with Crippen LogP contribution in [0.1, 0.15) is 24.0 Å². The van der Waals surface area contributed by atoms with Crippen LogP contribution in [0.3, 0.4) is 0 Å². The molecule has 1 aliphatic heterocycles. The zero-order valence-corrected chi connectivity index (χ0v) is 10.7. The van der Waals surface area contributed by atoms with Crippen molar-refractivity contribution >= 4 is 17.7 Å². The number of fused-ring (bicyclic) bond motifs is 1. The maximum Gasteiger partial charge on any atom is 0.235 e. The SMILES string of the molecule is COc1cc(C2(N=C=O)CC2)c(Cl)c2c1OCC2. The number of nitrogens with zero attached hydrogens (tertiary/aromatic N) is 1. The maximum atomic E-state index is 10.5. The summed E-state index contributed by atoms with van der Waals surface area (Å²) in [6.45, 7) is 0.610. The van der Waals surface area contributed by atoms with Crippen LogP contribution in [0.4, 0.5) is 0 Å². The van der Waals surface area contributed by atoms with Gasteiger partial charge in [-0.05, 0) is 18.9 Å². The first-order chi connectivity index (χ1) is 8.72. The molecule has 0 spiro atoms. The van der Waals surface area contributed by atoms with Gasteiger partial charge in [0.2, 0.25) is 6.08 Å². The topological polar surface area (TPSA) is 47.9 Å². The third kappa shape index (κ3) is 1.53. The summed E-state index contributed by atoms with van der Waals surface area (Å²) >= 11 is 6.42. The summed E-state index contributed by atoms with van der Waals surface area (Å²) < 4.78 is 10.9. The second kappa shape index (κ2) is 4.01. The van der Waals surface area contributed by atoms with Gasteiger partial charge in [-0.2, -0.15) is 4.99 Å². The molecule has 1 heterocycles. The van der Waals surface area contributed by atoms with Crippen LogP contribution in [0.15, 0.2) is 11.1 Å². The van der Waals surface area contributed by atoms with E-state index >= 15 is 0 Å². The minimum atomic E-state index is -0.482. The first kappa shape index (κ1) is 11.6. The van der Waals surface area contributed by atoms with Gasteiger partial charge < -0.3 is 9.47 Å². The van der Waals surface area contributed by atoms with Crippen molar-refractivity contribution in [2.45, 2.75) is 24.8 Å². The van der Waals surface area contributed by atoms with E-state index in [2.05, 4.69) is 4.99 Å². The van der Waals surface area contributed by atoms with Gasteiger partial charge in [0, 0.05) is 17.5 Å². The van der Waals surface area contributed by atoms with E-state index in [0.717, 1.165) is 36.1 Å². The Bertz CT molecular complexity index is 560. The lowest BCUT2D eigenvalue weighted by Crippen LogP contribution is -2.05. The number of aliphatic imine (C=N–C) groups is 1. The van der Waals surface area contributed by atoms with Gasteiger partial charge in [-0.1, -0.05) is 11.6 Å². The second-order valence-electron chi connectivity index (χ2n) is 4.58. The number of hydrogen-bond acceptors (Lipinski definition) is 4. The van der Waals surface area contributed by atoms with Crippen LogP contribution in [0.25, 0.3) is 0 Å². The number of ether oxygens (including phenoxy) is 2. The molecule has 1 saturated carbocycles. The summed E-state index contributed by atoms with van der Waals surface area (Å²) in [5.74, 6) is 1.38. The summed E-state index contributed by atoms with van der Waals surface area (Å²) in [5.41, 5.74) is 1.33. The van der Waals surface area contributed by atoms with Crippen molar-refractivity contribution in [2.24, 2.45) is 4.99 Å². The zero-order chi connectivity index (χ0) is 12.8. The molecule has 94 valence electrons. The lowest BCUT2D eigenvalue weighted by molar-refractivity contribution is 0.326.